The summed E-state index contributed by atoms with van der Waals surface area (Å²) in [6.45, 7) is 0.580. The van der Waals surface area contributed by atoms with Gasteiger partial charge in [0.1, 0.15) is 24.3 Å². The van der Waals surface area contributed by atoms with Gasteiger partial charge in [0, 0.05) is 18.3 Å². The SMILES string of the molecule is O=C(CCCn1cncn1)Nc1nc(-c2c(F)cccc2F)cs1. The predicted molar refractivity (Wildman–Crippen MR) is 85.4 cm³/mol. The van der Waals surface area contributed by atoms with Crippen LogP contribution < -0.4 is 5.32 Å². The number of aromatic nitrogens is 4. The second-order valence-electron chi connectivity index (χ2n) is 4.94. The van der Waals surface area contributed by atoms with E-state index in [4.69, 9.17) is 0 Å². The van der Waals surface area contributed by atoms with E-state index < -0.39 is 11.6 Å². The number of carbonyl (C=O) groups is 1. The molecule has 3 aromatic rings. The summed E-state index contributed by atoms with van der Waals surface area (Å²) in [4.78, 5) is 19.8. The van der Waals surface area contributed by atoms with E-state index in [9.17, 15) is 13.6 Å². The van der Waals surface area contributed by atoms with Crippen LogP contribution in [0.4, 0.5) is 13.9 Å². The lowest BCUT2D eigenvalue weighted by molar-refractivity contribution is -0.116. The third-order valence-electron chi connectivity index (χ3n) is 3.23. The van der Waals surface area contributed by atoms with Crippen LogP contribution in [0.25, 0.3) is 11.3 Å². The molecule has 1 aromatic carbocycles. The van der Waals surface area contributed by atoms with Gasteiger partial charge in [-0.3, -0.25) is 9.48 Å². The Kier molecular flexibility index (Phi) is 4.90. The lowest BCUT2D eigenvalue weighted by atomic mass is 10.1. The molecule has 0 unspecified atom stereocenters. The number of nitrogens with zero attached hydrogens (tertiary/aromatic N) is 4. The maximum absolute atomic E-state index is 13.7. The summed E-state index contributed by atoms with van der Waals surface area (Å²) in [6, 6.07) is 3.62. The summed E-state index contributed by atoms with van der Waals surface area (Å²) < 4.78 is 29.1. The topological polar surface area (TPSA) is 72.7 Å². The largest absolute Gasteiger partial charge is 0.302 e. The second kappa shape index (κ2) is 7.26. The lowest BCUT2D eigenvalue weighted by Crippen LogP contribution is -2.12. The van der Waals surface area contributed by atoms with Gasteiger partial charge in [0.2, 0.25) is 5.91 Å². The molecule has 0 aliphatic carbocycles. The summed E-state index contributed by atoms with van der Waals surface area (Å²) >= 11 is 1.12. The Morgan fingerprint density at radius 3 is 2.79 bits per heavy atom. The number of hydrogen-bond donors (Lipinski definition) is 1. The molecule has 2 aromatic heterocycles. The smallest absolute Gasteiger partial charge is 0.226 e. The second-order valence-corrected chi connectivity index (χ2v) is 5.80. The third-order valence-corrected chi connectivity index (χ3v) is 3.98. The van der Waals surface area contributed by atoms with Gasteiger partial charge in [0.05, 0.1) is 11.3 Å². The molecule has 0 atom stereocenters. The van der Waals surface area contributed by atoms with Crippen molar-refractivity contribution < 1.29 is 13.6 Å². The standard InChI is InChI=1S/C15H13F2N5OS/c16-10-3-1-4-11(17)14(10)12-7-24-15(20-12)21-13(23)5-2-6-22-9-18-8-19-22/h1,3-4,7-9H,2,5-6H2,(H,20,21,23). The molecule has 9 heteroatoms. The Bertz CT molecular complexity index is 814. The van der Waals surface area contributed by atoms with Crippen LogP contribution in [0.2, 0.25) is 0 Å². The van der Waals surface area contributed by atoms with Crippen LogP contribution in [0.1, 0.15) is 12.8 Å². The minimum Gasteiger partial charge on any atom is -0.302 e. The van der Waals surface area contributed by atoms with E-state index in [2.05, 4.69) is 20.4 Å². The van der Waals surface area contributed by atoms with E-state index >= 15 is 0 Å². The Morgan fingerprint density at radius 2 is 2.08 bits per heavy atom. The average molecular weight is 349 g/mol. The molecule has 1 amide bonds. The fourth-order valence-corrected chi connectivity index (χ4v) is 2.84. The summed E-state index contributed by atoms with van der Waals surface area (Å²) in [5.41, 5.74) is -0.0334. The van der Waals surface area contributed by atoms with Crippen molar-refractivity contribution in [3.8, 4) is 11.3 Å². The van der Waals surface area contributed by atoms with Crippen molar-refractivity contribution in [3.63, 3.8) is 0 Å². The van der Waals surface area contributed by atoms with E-state index in [1.54, 1.807) is 11.0 Å². The molecule has 0 aliphatic heterocycles. The Labute approximate surface area is 140 Å². The Morgan fingerprint density at radius 1 is 1.29 bits per heavy atom. The van der Waals surface area contributed by atoms with E-state index in [0.717, 1.165) is 11.3 Å². The van der Waals surface area contributed by atoms with Crippen molar-refractivity contribution in [2.45, 2.75) is 19.4 Å². The van der Waals surface area contributed by atoms with Crippen molar-refractivity contribution in [2.24, 2.45) is 0 Å². The number of aryl methyl sites for hydroxylation is 1. The minimum absolute atomic E-state index is 0.161. The number of nitrogens with one attached hydrogen (secondary N) is 1. The summed E-state index contributed by atoms with van der Waals surface area (Å²) in [7, 11) is 0. The quantitative estimate of drug-likeness (QED) is 0.742. The summed E-state index contributed by atoms with van der Waals surface area (Å²) in [6.07, 6.45) is 3.88. The molecule has 0 aliphatic rings. The van der Waals surface area contributed by atoms with Crippen LogP contribution in [-0.4, -0.2) is 25.7 Å². The summed E-state index contributed by atoms with van der Waals surface area (Å²) in [5, 5.41) is 8.38. The maximum atomic E-state index is 13.7. The molecule has 2 heterocycles. The number of benzene rings is 1. The molecule has 124 valence electrons. The maximum Gasteiger partial charge on any atom is 0.226 e. The van der Waals surface area contributed by atoms with Gasteiger partial charge < -0.3 is 5.32 Å². The van der Waals surface area contributed by atoms with Gasteiger partial charge in [-0.05, 0) is 18.6 Å². The number of halogens is 2. The van der Waals surface area contributed by atoms with Gasteiger partial charge in [-0.15, -0.1) is 11.3 Å². The van der Waals surface area contributed by atoms with Crippen molar-refractivity contribution >= 4 is 22.4 Å². The van der Waals surface area contributed by atoms with E-state index in [-0.39, 0.29) is 23.6 Å². The highest BCUT2D eigenvalue weighted by Crippen LogP contribution is 2.29. The molecule has 0 fully saturated rings. The number of amides is 1. The zero-order valence-corrected chi connectivity index (χ0v) is 13.3. The van der Waals surface area contributed by atoms with Crippen LogP contribution in [0, 0.1) is 11.6 Å². The fourth-order valence-electron chi connectivity index (χ4n) is 2.12. The van der Waals surface area contributed by atoms with Gasteiger partial charge in [-0.1, -0.05) is 6.07 Å². The normalized spacial score (nSPS) is 10.8. The minimum atomic E-state index is -0.689. The molecule has 0 radical (unpaired) electrons. The first kappa shape index (κ1) is 16.2. The number of rotatable bonds is 6. The van der Waals surface area contributed by atoms with Gasteiger partial charge in [-0.25, -0.2) is 18.7 Å². The highest BCUT2D eigenvalue weighted by molar-refractivity contribution is 7.14. The number of hydrogen-bond acceptors (Lipinski definition) is 5. The van der Waals surface area contributed by atoms with Gasteiger partial charge in [0.15, 0.2) is 5.13 Å². The van der Waals surface area contributed by atoms with Crippen LogP contribution >= 0.6 is 11.3 Å². The van der Waals surface area contributed by atoms with Gasteiger partial charge in [-0.2, -0.15) is 5.10 Å². The monoisotopic (exact) mass is 349 g/mol. The first-order valence-electron chi connectivity index (χ1n) is 7.15. The van der Waals surface area contributed by atoms with E-state index in [1.165, 1.54) is 29.9 Å². The highest BCUT2D eigenvalue weighted by Gasteiger charge is 2.15. The van der Waals surface area contributed by atoms with Gasteiger partial charge in [0.25, 0.3) is 0 Å². The molecule has 24 heavy (non-hydrogen) atoms. The van der Waals surface area contributed by atoms with Crippen molar-refractivity contribution in [1.29, 1.82) is 0 Å². The number of carbonyl (C=O) groups excluding carboxylic acids is 1. The van der Waals surface area contributed by atoms with Crippen molar-refractivity contribution in [3.05, 3.63) is 47.9 Å². The molecule has 0 saturated heterocycles. The molecular formula is C15H13F2N5OS. The Hall–Kier alpha value is -2.68. The highest BCUT2D eigenvalue weighted by atomic mass is 32.1. The van der Waals surface area contributed by atoms with Gasteiger partial charge >= 0.3 is 0 Å². The predicted octanol–water partition coefficient (Wildman–Crippen LogP) is 3.10. The molecule has 6 nitrogen and oxygen atoms in total. The molecule has 0 spiro atoms. The molecule has 0 bridgehead atoms. The molecule has 0 saturated carbocycles. The third kappa shape index (κ3) is 3.80. The van der Waals surface area contributed by atoms with Crippen molar-refractivity contribution in [2.75, 3.05) is 5.32 Å². The van der Waals surface area contributed by atoms with Crippen LogP contribution in [0.15, 0.2) is 36.2 Å². The zero-order valence-electron chi connectivity index (χ0n) is 12.4. The van der Waals surface area contributed by atoms with Crippen LogP contribution in [0.5, 0.6) is 0 Å². The van der Waals surface area contributed by atoms with E-state index in [1.807, 2.05) is 0 Å². The van der Waals surface area contributed by atoms with E-state index in [0.29, 0.717) is 18.1 Å². The first-order chi connectivity index (χ1) is 11.6. The lowest BCUT2D eigenvalue weighted by Gasteiger charge is -2.02. The average Bonchev–Trinajstić information content (AvgIpc) is 3.19. The first-order valence-corrected chi connectivity index (χ1v) is 8.03. The zero-order chi connectivity index (χ0) is 16.9. The fraction of sp³-hybridized carbons (Fsp3) is 0.200. The molecular weight excluding hydrogens is 336 g/mol. The van der Waals surface area contributed by atoms with Crippen molar-refractivity contribution in [1.82, 2.24) is 19.7 Å². The number of anilines is 1. The number of thiazole rings is 1. The van der Waals surface area contributed by atoms with Crippen LogP contribution in [0.3, 0.4) is 0 Å². The summed E-state index contributed by atoms with van der Waals surface area (Å²) in [5.74, 6) is -1.60. The molecule has 3 rings (SSSR count). The molecule has 1 N–H and O–H groups in total. The van der Waals surface area contributed by atoms with Crippen LogP contribution in [-0.2, 0) is 11.3 Å². The Balaban J connectivity index is 1.58.